The SMILES string of the molecule is Cc1cc(C(=O)N2CCc3nnc([C@@H](CC(C)C)NC(=O)CN(C)C)n3CC2)c(C)o1. The van der Waals surface area contributed by atoms with Crippen LogP contribution in [-0.4, -0.2) is 70.1 Å². The number of aryl methyl sites for hydroxylation is 2. The molecule has 2 amide bonds. The summed E-state index contributed by atoms with van der Waals surface area (Å²) in [7, 11) is 3.74. The first-order valence-corrected chi connectivity index (χ1v) is 10.9. The molecule has 0 saturated carbocycles. The average molecular weight is 431 g/mol. The molecule has 3 rings (SSSR count). The standard InChI is InChI=1S/C22H34N6O3/c1-14(2)11-18(23-20(29)13-26(5)6)21-25-24-19-7-8-27(9-10-28(19)21)22(30)17-12-15(3)31-16(17)4/h12,14,18H,7-11,13H2,1-6H3,(H,23,29)/t18-/m1/s1. The fourth-order valence-electron chi connectivity index (χ4n) is 4.05. The summed E-state index contributed by atoms with van der Waals surface area (Å²) in [6.07, 6.45) is 1.39. The zero-order valence-corrected chi connectivity index (χ0v) is 19.4. The first kappa shape index (κ1) is 23.0. The van der Waals surface area contributed by atoms with Crippen molar-refractivity contribution in [2.75, 3.05) is 33.7 Å². The predicted octanol–water partition coefficient (Wildman–Crippen LogP) is 1.95. The van der Waals surface area contributed by atoms with Crippen LogP contribution in [0.5, 0.6) is 0 Å². The van der Waals surface area contributed by atoms with E-state index in [9.17, 15) is 9.59 Å². The van der Waals surface area contributed by atoms with E-state index in [1.54, 1.807) is 6.07 Å². The van der Waals surface area contributed by atoms with E-state index in [2.05, 4.69) is 33.9 Å². The predicted molar refractivity (Wildman–Crippen MR) is 117 cm³/mol. The number of furan rings is 1. The molecule has 9 heteroatoms. The summed E-state index contributed by atoms with van der Waals surface area (Å²) >= 11 is 0. The van der Waals surface area contributed by atoms with Gasteiger partial charge in [0.15, 0.2) is 5.82 Å². The number of likely N-dealkylation sites (N-methyl/N-ethyl adjacent to an activating group) is 1. The summed E-state index contributed by atoms with van der Waals surface area (Å²) in [5.41, 5.74) is 0.615. The minimum absolute atomic E-state index is 0.0207. The number of amides is 2. The van der Waals surface area contributed by atoms with Crippen molar-refractivity contribution in [1.29, 1.82) is 0 Å². The van der Waals surface area contributed by atoms with Crippen LogP contribution < -0.4 is 5.32 Å². The molecule has 0 unspecified atom stereocenters. The Morgan fingerprint density at radius 3 is 2.55 bits per heavy atom. The minimum Gasteiger partial charge on any atom is -0.466 e. The van der Waals surface area contributed by atoms with Crippen molar-refractivity contribution in [3.05, 3.63) is 34.8 Å². The second kappa shape index (κ2) is 9.64. The highest BCUT2D eigenvalue weighted by Gasteiger charge is 2.28. The normalized spacial score (nSPS) is 15.2. The van der Waals surface area contributed by atoms with Crippen LogP contribution in [0.1, 0.15) is 59.8 Å². The molecule has 1 N–H and O–H groups in total. The molecule has 1 aliphatic heterocycles. The molecule has 1 atom stereocenters. The maximum atomic E-state index is 13.0. The monoisotopic (exact) mass is 430 g/mol. The Hall–Kier alpha value is -2.68. The third-order valence-corrected chi connectivity index (χ3v) is 5.43. The number of nitrogens with one attached hydrogen (secondary N) is 1. The quantitative estimate of drug-likeness (QED) is 0.721. The number of hydrogen-bond donors (Lipinski definition) is 1. The minimum atomic E-state index is -0.213. The molecule has 170 valence electrons. The van der Waals surface area contributed by atoms with Crippen molar-refractivity contribution in [3.8, 4) is 0 Å². The molecule has 0 bridgehead atoms. The molecular weight excluding hydrogens is 396 g/mol. The molecule has 2 aromatic rings. The van der Waals surface area contributed by atoms with Gasteiger partial charge < -0.3 is 24.1 Å². The molecule has 0 radical (unpaired) electrons. The van der Waals surface area contributed by atoms with Gasteiger partial charge in [-0.2, -0.15) is 0 Å². The fourth-order valence-corrected chi connectivity index (χ4v) is 4.05. The molecule has 0 aliphatic carbocycles. The Balaban J connectivity index is 1.77. The summed E-state index contributed by atoms with van der Waals surface area (Å²) in [5, 5.41) is 12.0. The van der Waals surface area contributed by atoms with Crippen LogP contribution in [0.2, 0.25) is 0 Å². The highest BCUT2D eigenvalue weighted by molar-refractivity contribution is 5.95. The molecule has 3 heterocycles. The molecule has 0 spiro atoms. The Kier molecular flexibility index (Phi) is 7.15. The fraction of sp³-hybridized carbons (Fsp3) is 0.636. The summed E-state index contributed by atoms with van der Waals surface area (Å²) in [6.45, 7) is 9.96. The zero-order valence-electron chi connectivity index (χ0n) is 19.4. The van der Waals surface area contributed by atoms with Crippen LogP contribution in [-0.2, 0) is 17.8 Å². The van der Waals surface area contributed by atoms with E-state index < -0.39 is 0 Å². The number of carbonyl (C=O) groups excluding carboxylic acids is 2. The molecule has 9 nitrogen and oxygen atoms in total. The maximum absolute atomic E-state index is 13.0. The van der Waals surface area contributed by atoms with E-state index in [0.717, 1.165) is 23.8 Å². The van der Waals surface area contributed by atoms with Gasteiger partial charge in [0.25, 0.3) is 5.91 Å². The van der Waals surface area contributed by atoms with Gasteiger partial charge in [-0.15, -0.1) is 10.2 Å². The molecule has 0 aromatic carbocycles. The van der Waals surface area contributed by atoms with Gasteiger partial charge in [-0.05, 0) is 46.3 Å². The lowest BCUT2D eigenvalue weighted by Crippen LogP contribution is -2.38. The lowest BCUT2D eigenvalue weighted by atomic mass is 10.0. The van der Waals surface area contributed by atoms with Crippen LogP contribution in [0.4, 0.5) is 0 Å². The van der Waals surface area contributed by atoms with Crippen molar-refractivity contribution in [2.45, 2.75) is 53.1 Å². The second-order valence-corrected chi connectivity index (χ2v) is 8.98. The number of hydrogen-bond acceptors (Lipinski definition) is 6. The highest BCUT2D eigenvalue weighted by Crippen LogP contribution is 2.23. The van der Waals surface area contributed by atoms with Crippen LogP contribution in [0.15, 0.2) is 10.5 Å². The smallest absolute Gasteiger partial charge is 0.257 e. The van der Waals surface area contributed by atoms with Gasteiger partial charge in [0, 0.05) is 26.1 Å². The Morgan fingerprint density at radius 2 is 1.94 bits per heavy atom. The third kappa shape index (κ3) is 5.52. The maximum Gasteiger partial charge on any atom is 0.257 e. The number of rotatable bonds is 7. The van der Waals surface area contributed by atoms with Crippen molar-refractivity contribution < 1.29 is 14.0 Å². The van der Waals surface area contributed by atoms with E-state index in [0.29, 0.717) is 49.8 Å². The first-order valence-electron chi connectivity index (χ1n) is 10.9. The molecular formula is C22H34N6O3. The van der Waals surface area contributed by atoms with E-state index in [4.69, 9.17) is 4.42 Å². The van der Waals surface area contributed by atoms with Crippen LogP contribution in [0.25, 0.3) is 0 Å². The van der Waals surface area contributed by atoms with Gasteiger partial charge >= 0.3 is 0 Å². The van der Waals surface area contributed by atoms with Crippen molar-refractivity contribution >= 4 is 11.8 Å². The van der Waals surface area contributed by atoms with Crippen molar-refractivity contribution in [2.24, 2.45) is 5.92 Å². The van der Waals surface area contributed by atoms with Gasteiger partial charge in [0.05, 0.1) is 18.2 Å². The third-order valence-electron chi connectivity index (χ3n) is 5.43. The van der Waals surface area contributed by atoms with E-state index in [1.807, 2.05) is 37.7 Å². The van der Waals surface area contributed by atoms with E-state index in [-0.39, 0.29) is 17.9 Å². The topological polar surface area (TPSA) is 96.5 Å². The van der Waals surface area contributed by atoms with Crippen LogP contribution >= 0.6 is 0 Å². The van der Waals surface area contributed by atoms with Gasteiger partial charge in [-0.3, -0.25) is 9.59 Å². The lowest BCUT2D eigenvalue weighted by Gasteiger charge is -2.23. The number of fused-ring (bicyclic) bond motifs is 1. The van der Waals surface area contributed by atoms with Crippen molar-refractivity contribution in [1.82, 2.24) is 29.9 Å². The van der Waals surface area contributed by atoms with Gasteiger partial charge in [0.1, 0.15) is 17.3 Å². The van der Waals surface area contributed by atoms with Crippen LogP contribution in [0.3, 0.4) is 0 Å². The van der Waals surface area contributed by atoms with Gasteiger partial charge in [-0.1, -0.05) is 13.8 Å². The van der Waals surface area contributed by atoms with Gasteiger partial charge in [-0.25, -0.2) is 0 Å². The Morgan fingerprint density at radius 1 is 1.19 bits per heavy atom. The number of nitrogens with zero attached hydrogens (tertiary/aromatic N) is 5. The molecule has 0 fully saturated rings. The molecule has 0 saturated heterocycles. The first-order chi connectivity index (χ1) is 14.7. The second-order valence-electron chi connectivity index (χ2n) is 8.98. The van der Waals surface area contributed by atoms with Crippen molar-refractivity contribution in [3.63, 3.8) is 0 Å². The van der Waals surface area contributed by atoms with E-state index in [1.165, 1.54) is 0 Å². The molecule has 2 aromatic heterocycles. The average Bonchev–Trinajstić information content (AvgIpc) is 3.15. The van der Waals surface area contributed by atoms with E-state index >= 15 is 0 Å². The molecule has 1 aliphatic rings. The largest absolute Gasteiger partial charge is 0.466 e. The Labute approximate surface area is 183 Å². The molecule has 31 heavy (non-hydrogen) atoms. The summed E-state index contributed by atoms with van der Waals surface area (Å²) in [5.74, 6) is 3.32. The lowest BCUT2D eigenvalue weighted by molar-refractivity contribution is -0.122. The zero-order chi connectivity index (χ0) is 22.7. The highest BCUT2D eigenvalue weighted by atomic mass is 16.3. The number of aromatic nitrogens is 3. The summed E-state index contributed by atoms with van der Waals surface area (Å²) in [6, 6.07) is 1.59. The number of carbonyl (C=O) groups is 2. The van der Waals surface area contributed by atoms with Crippen LogP contribution in [0, 0.1) is 19.8 Å². The summed E-state index contributed by atoms with van der Waals surface area (Å²) in [4.78, 5) is 29.2. The summed E-state index contributed by atoms with van der Waals surface area (Å²) < 4.78 is 7.61. The van der Waals surface area contributed by atoms with Gasteiger partial charge in [0.2, 0.25) is 5.91 Å². The Bertz CT molecular complexity index is 930.